The van der Waals surface area contributed by atoms with Crippen LogP contribution in [0.4, 0.5) is 0 Å². The number of aromatic nitrogens is 1. The number of fused-ring (bicyclic) bond motifs is 1. The van der Waals surface area contributed by atoms with Crippen LogP contribution in [-0.4, -0.2) is 23.7 Å². The summed E-state index contributed by atoms with van der Waals surface area (Å²) in [5, 5.41) is 4.09. The number of nitrogens with one attached hydrogen (secondary N) is 1. The minimum atomic E-state index is 0.214. The molecule has 80 valence electrons. The van der Waals surface area contributed by atoms with Crippen LogP contribution in [-0.2, 0) is 0 Å². The van der Waals surface area contributed by atoms with Crippen molar-refractivity contribution in [3.63, 3.8) is 0 Å². The average molecular weight is 225 g/mol. The highest BCUT2D eigenvalue weighted by Crippen LogP contribution is 2.43. The van der Waals surface area contributed by atoms with Crippen molar-refractivity contribution in [1.82, 2.24) is 10.3 Å². The van der Waals surface area contributed by atoms with Gasteiger partial charge in [-0.1, -0.05) is 11.6 Å². The molecule has 1 aromatic rings. The van der Waals surface area contributed by atoms with E-state index in [0.717, 1.165) is 12.5 Å². The predicted molar refractivity (Wildman–Crippen MR) is 58.2 cm³/mol. The minimum Gasteiger partial charge on any atom is -0.475 e. The third-order valence-corrected chi connectivity index (χ3v) is 3.62. The van der Waals surface area contributed by atoms with Gasteiger partial charge in [-0.3, -0.25) is 0 Å². The molecule has 2 bridgehead atoms. The molecule has 2 aliphatic heterocycles. The van der Waals surface area contributed by atoms with Crippen LogP contribution >= 0.6 is 11.6 Å². The van der Waals surface area contributed by atoms with Gasteiger partial charge in [0, 0.05) is 6.20 Å². The Balaban J connectivity index is 1.65. The highest BCUT2D eigenvalue weighted by Gasteiger charge is 2.50. The monoisotopic (exact) mass is 224 g/mol. The van der Waals surface area contributed by atoms with Crippen molar-refractivity contribution >= 4 is 11.6 Å². The molecule has 3 nitrogen and oxygen atoms in total. The van der Waals surface area contributed by atoms with E-state index in [1.165, 1.54) is 12.8 Å². The lowest BCUT2D eigenvalue weighted by Gasteiger charge is -2.36. The third-order valence-electron chi connectivity index (χ3n) is 3.33. The second-order valence-corrected chi connectivity index (χ2v) is 4.92. The fraction of sp³-hybridized carbons (Fsp3) is 0.545. The van der Waals surface area contributed by atoms with E-state index in [2.05, 4.69) is 10.3 Å². The Kier molecular flexibility index (Phi) is 2.11. The van der Waals surface area contributed by atoms with Gasteiger partial charge in [-0.25, -0.2) is 4.98 Å². The molecule has 1 aromatic heterocycles. The molecule has 1 saturated carbocycles. The van der Waals surface area contributed by atoms with Crippen LogP contribution in [0.3, 0.4) is 0 Å². The Bertz CT molecular complexity index is 371. The van der Waals surface area contributed by atoms with E-state index in [-0.39, 0.29) is 5.54 Å². The Morgan fingerprint density at radius 2 is 2.47 bits per heavy atom. The van der Waals surface area contributed by atoms with Gasteiger partial charge in [0.1, 0.15) is 11.6 Å². The van der Waals surface area contributed by atoms with Crippen LogP contribution in [0.5, 0.6) is 5.88 Å². The van der Waals surface area contributed by atoms with Gasteiger partial charge < -0.3 is 10.1 Å². The van der Waals surface area contributed by atoms with Crippen molar-refractivity contribution in [1.29, 1.82) is 0 Å². The number of nitrogens with zero attached hydrogens (tertiary/aromatic N) is 1. The predicted octanol–water partition coefficient (Wildman–Crippen LogP) is 1.87. The maximum atomic E-state index is 5.96. The number of halogens is 1. The molecule has 1 aliphatic carbocycles. The lowest BCUT2D eigenvalue weighted by Crippen LogP contribution is -2.48. The largest absolute Gasteiger partial charge is 0.475 e. The van der Waals surface area contributed by atoms with Crippen molar-refractivity contribution in [2.75, 3.05) is 13.2 Å². The number of rotatable bonds is 3. The molecule has 4 heteroatoms. The van der Waals surface area contributed by atoms with Crippen LogP contribution in [0.15, 0.2) is 18.3 Å². The summed E-state index contributed by atoms with van der Waals surface area (Å²) in [7, 11) is 0. The van der Waals surface area contributed by atoms with Crippen molar-refractivity contribution in [2.24, 2.45) is 5.92 Å². The summed E-state index contributed by atoms with van der Waals surface area (Å²) >= 11 is 5.96. The van der Waals surface area contributed by atoms with Gasteiger partial charge in [0.15, 0.2) is 0 Å². The first-order valence-corrected chi connectivity index (χ1v) is 5.64. The summed E-state index contributed by atoms with van der Waals surface area (Å²) in [5.74, 6) is 1.42. The maximum Gasteiger partial charge on any atom is 0.232 e. The van der Waals surface area contributed by atoms with E-state index < -0.39 is 0 Å². The molecule has 0 amide bonds. The Morgan fingerprint density at radius 1 is 1.60 bits per heavy atom. The third kappa shape index (κ3) is 1.60. The Hall–Kier alpha value is -0.800. The molecular formula is C11H13ClN2O. The summed E-state index contributed by atoms with van der Waals surface area (Å²) in [6.07, 6.45) is 4.17. The molecule has 3 heterocycles. The van der Waals surface area contributed by atoms with Crippen molar-refractivity contribution < 1.29 is 4.74 Å². The maximum absolute atomic E-state index is 5.96. The summed E-state index contributed by atoms with van der Waals surface area (Å²) in [6, 6.07) is 3.61. The van der Waals surface area contributed by atoms with E-state index in [0.29, 0.717) is 17.5 Å². The first-order valence-electron chi connectivity index (χ1n) is 5.26. The molecule has 4 rings (SSSR count). The van der Waals surface area contributed by atoms with Gasteiger partial charge in [0.05, 0.1) is 5.54 Å². The van der Waals surface area contributed by atoms with Crippen molar-refractivity contribution in [3.05, 3.63) is 23.4 Å². The summed E-state index contributed by atoms with van der Waals surface area (Å²) in [5.41, 5.74) is 0.214. The highest BCUT2D eigenvalue weighted by atomic mass is 35.5. The number of pyridine rings is 1. The SMILES string of the molecule is Clc1cccnc1OCC12CC(CN1)C2. The zero-order chi connectivity index (χ0) is 10.3. The zero-order valence-corrected chi connectivity index (χ0v) is 9.13. The van der Waals surface area contributed by atoms with Crippen molar-refractivity contribution in [3.8, 4) is 5.88 Å². The van der Waals surface area contributed by atoms with E-state index >= 15 is 0 Å². The first kappa shape index (κ1) is 9.43. The molecule has 0 radical (unpaired) electrons. The van der Waals surface area contributed by atoms with Gasteiger partial charge >= 0.3 is 0 Å². The molecular weight excluding hydrogens is 212 g/mol. The van der Waals surface area contributed by atoms with Crippen LogP contribution < -0.4 is 10.1 Å². The highest BCUT2D eigenvalue weighted by molar-refractivity contribution is 6.31. The Labute approximate surface area is 93.8 Å². The quantitative estimate of drug-likeness (QED) is 0.851. The van der Waals surface area contributed by atoms with E-state index in [9.17, 15) is 0 Å². The molecule has 3 fully saturated rings. The summed E-state index contributed by atoms with van der Waals surface area (Å²) in [6.45, 7) is 1.82. The second-order valence-electron chi connectivity index (χ2n) is 4.51. The first-order chi connectivity index (χ1) is 7.27. The molecule has 0 spiro atoms. The fourth-order valence-corrected chi connectivity index (χ4v) is 2.72. The fourth-order valence-electron chi connectivity index (χ4n) is 2.55. The van der Waals surface area contributed by atoms with Gasteiger partial charge in [0.2, 0.25) is 5.88 Å². The summed E-state index contributed by atoms with van der Waals surface area (Å²) in [4.78, 5) is 4.11. The Morgan fingerprint density at radius 3 is 3.13 bits per heavy atom. The zero-order valence-electron chi connectivity index (χ0n) is 8.37. The van der Waals surface area contributed by atoms with E-state index in [1.807, 2.05) is 0 Å². The van der Waals surface area contributed by atoms with Crippen LogP contribution in [0, 0.1) is 5.92 Å². The molecule has 2 saturated heterocycles. The lowest BCUT2D eigenvalue weighted by atomic mass is 9.74. The number of hydrogen-bond acceptors (Lipinski definition) is 3. The smallest absolute Gasteiger partial charge is 0.232 e. The summed E-state index contributed by atoms with van der Waals surface area (Å²) < 4.78 is 5.66. The van der Waals surface area contributed by atoms with Gasteiger partial charge in [0.25, 0.3) is 0 Å². The molecule has 0 unspecified atom stereocenters. The average Bonchev–Trinajstić information content (AvgIpc) is 2.75. The molecule has 3 aliphatic rings. The van der Waals surface area contributed by atoms with Gasteiger partial charge in [-0.2, -0.15) is 0 Å². The topological polar surface area (TPSA) is 34.1 Å². The minimum absolute atomic E-state index is 0.214. The lowest BCUT2D eigenvalue weighted by molar-refractivity contribution is 0.127. The van der Waals surface area contributed by atoms with E-state index in [1.54, 1.807) is 18.3 Å². The second kappa shape index (κ2) is 3.35. The van der Waals surface area contributed by atoms with Crippen molar-refractivity contribution in [2.45, 2.75) is 18.4 Å². The van der Waals surface area contributed by atoms with Gasteiger partial charge in [-0.15, -0.1) is 0 Å². The number of hydrogen-bond donors (Lipinski definition) is 1. The van der Waals surface area contributed by atoms with Crippen LogP contribution in [0.25, 0.3) is 0 Å². The van der Waals surface area contributed by atoms with Gasteiger partial charge in [-0.05, 0) is 37.4 Å². The normalized spacial score (nSPS) is 32.5. The molecule has 0 aromatic carbocycles. The molecule has 1 N–H and O–H groups in total. The standard InChI is InChI=1S/C11H13ClN2O/c12-9-2-1-3-13-10(9)15-7-11-4-8(5-11)6-14-11/h1-3,8,14H,4-7H2. The van der Waals surface area contributed by atoms with Crippen LogP contribution in [0.2, 0.25) is 5.02 Å². The molecule has 15 heavy (non-hydrogen) atoms. The number of ether oxygens (including phenoxy) is 1. The molecule has 0 atom stereocenters. The van der Waals surface area contributed by atoms with Crippen LogP contribution in [0.1, 0.15) is 12.8 Å². The van der Waals surface area contributed by atoms with E-state index in [4.69, 9.17) is 16.3 Å².